The highest BCUT2D eigenvalue weighted by Gasteiger charge is 2.62. The first-order chi connectivity index (χ1) is 23.8. The van der Waals surface area contributed by atoms with E-state index < -0.39 is 86.1 Å². The maximum absolute atomic E-state index is 14.4. The predicted molar refractivity (Wildman–Crippen MR) is 173 cm³/mol. The van der Waals surface area contributed by atoms with E-state index in [4.69, 9.17) is 4.74 Å². The molecule has 270 valence electrons. The van der Waals surface area contributed by atoms with Gasteiger partial charge in [0.15, 0.2) is 0 Å². The molecule has 16 heteroatoms. The van der Waals surface area contributed by atoms with Gasteiger partial charge in [-0.15, -0.1) is 0 Å². The Labute approximate surface area is 289 Å². The molecule has 5 atom stereocenters. The van der Waals surface area contributed by atoms with E-state index in [1.807, 2.05) is 12.2 Å². The molecule has 6 aliphatic rings. The second-order valence-corrected chi connectivity index (χ2v) is 16.5. The number of carbonyl (C=O) groups is 5. The first-order valence-corrected chi connectivity index (χ1v) is 18.9. The van der Waals surface area contributed by atoms with Crippen LogP contribution in [0.15, 0.2) is 30.4 Å². The fourth-order valence-electron chi connectivity index (χ4n) is 7.21. The number of rotatable bonds is 6. The summed E-state index contributed by atoms with van der Waals surface area (Å²) in [6.07, 6.45) is 6.35. The van der Waals surface area contributed by atoms with Crippen molar-refractivity contribution in [3.8, 4) is 0 Å². The Bertz CT molecular complexity index is 1750. The maximum Gasteiger partial charge on any atom is 0.410 e. The molecule has 14 nitrogen and oxygen atoms in total. The molecule has 0 unspecified atom stereocenters. The lowest BCUT2D eigenvalue weighted by Crippen LogP contribution is -2.58. The minimum atomic E-state index is -3.92. The zero-order chi connectivity index (χ0) is 35.4. The summed E-state index contributed by atoms with van der Waals surface area (Å²) in [5.41, 5.74) is -2.08. The van der Waals surface area contributed by atoms with Crippen molar-refractivity contribution in [3.63, 3.8) is 0 Å². The molecule has 3 aliphatic heterocycles. The standard InChI is InChI=1S/C34H42FN5O9S/c35-25-9-6-7-20-17-39(19-24(20)25)32(45)49-22-15-27-28(41)37-34(31(44)38-50(47,48)23-11-12-23)16-21(34)8-4-2-1-3-5-10-26(29(42)40(27)18-22)36-30(43)33(46)13-14-33/h4,6-9,21-23,26-27,46H,1-3,5,10-19H2,(H,36,43)(H,37,41)(H,38,44)/b8-4-/t21-,22+,26-,27-,34+/m0/s1. The van der Waals surface area contributed by atoms with Crippen LogP contribution in [0.25, 0.3) is 0 Å². The zero-order valence-electron chi connectivity index (χ0n) is 27.6. The summed E-state index contributed by atoms with van der Waals surface area (Å²) in [7, 11) is -3.92. The van der Waals surface area contributed by atoms with Gasteiger partial charge in [0.2, 0.25) is 21.8 Å². The van der Waals surface area contributed by atoms with Crippen LogP contribution < -0.4 is 15.4 Å². The monoisotopic (exact) mass is 715 g/mol. The van der Waals surface area contributed by atoms with Crippen LogP contribution in [-0.2, 0) is 47.0 Å². The summed E-state index contributed by atoms with van der Waals surface area (Å²) in [6.45, 7) is -0.0843. The van der Waals surface area contributed by atoms with Crippen molar-refractivity contribution in [1.29, 1.82) is 0 Å². The fourth-order valence-corrected chi connectivity index (χ4v) is 8.58. The first kappa shape index (κ1) is 34.4. The molecule has 3 saturated carbocycles. The van der Waals surface area contributed by atoms with Gasteiger partial charge in [-0.05, 0) is 63.0 Å². The fraction of sp³-hybridized carbons (Fsp3) is 0.618. The van der Waals surface area contributed by atoms with Crippen LogP contribution in [0.4, 0.5) is 9.18 Å². The molecule has 50 heavy (non-hydrogen) atoms. The highest BCUT2D eigenvalue weighted by atomic mass is 32.2. The van der Waals surface area contributed by atoms with Gasteiger partial charge >= 0.3 is 6.09 Å². The van der Waals surface area contributed by atoms with E-state index in [9.17, 15) is 41.9 Å². The molecule has 1 aromatic carbocycles. The molecule has 0 spiro atoms. The smallest absolute Gasteiger partial charge is 0.410 e. The predicted octanol–water partition coefficient (Wildman–Crippen LogP) is 1.26. The lowest BCUT2D eigenvalue weighted by molar-refractivity contribution is -0.144. The quantitative estimate of drug-likeness (QED) is 0.314. The molecular weight excluding hydrogens is 673 g/mol. The Balaban J connectivity index is 1.13. The Kier molecular flexibility index (Phi) is 8.90. The van der Waals surface area contributed by atoms with E-state index >= 15 is 0 Å². The highest BCUT2D eigenvalue weighted by molar-refractivity contribution is 7.91. The third kappa shape index (κ3) is 6.83. The number of carbonyl (C=O) groups excluding carboxylic acids is 5. The van der Waals surface area contributed by atoms with Crippen LogP contribution in [0, 0.1) is 11.7 Å². The molecule has 3 aliphatic carbocycles. The lowest BCUT2D eigenvalue weighted by atomic mass is 10.0. The van der Waals surface area contributed by atoms with Crippen LogP contribution >= 0.6 is 0 Å². The number of nitrogens with zero attached hydrogens (tertiary/aromatic N) is 2. The summed E-state index contributed by atoms with van der Waals surface area (Å²) in [5.74, 6) is -3.77. The van der Waals surface area contributed by atoms with Crippen LogP contribution in [-0.4, -0.2) is 94.2 Å². The second kappa shape index (κ2) is 12.9. The van der Waals surface area contributed by atoms with E-state index in [0.29, 0.717) is 43.2 Å². The number of fused-ring (bicyclic) bond motifs is 3. The minimum Gasteiger partial charge on any atom is -0.444 e. The molecule has 0 bridgehead atoms. The Hall–Kier alpha value is -4.05. The van der Waals surface area contributed by atoms with Gasteiger partial charge in [-0.3, -0.25) is 28.8 Å². The van der Waals surface area contributed by atoms with Crippen molar-refractivity contribution in [1.82, 2.24) is 25.2 Å². The molecule has 3 heterocycles. The summed E-state index contributed by atoms with van der Waals surface area (Å²) in [4.78, 5) is 70.7. The summed E-state index contributed by atoms with van der Waals surface area (Å²) < 4.78 is 47.8. The molecule has 0 aromatic heterocycles. The van der Waals surface area contributed by atoms with Crippen molar-refractivity contribution in [2.24, 2.45) is 5.92 Å². The van der Waals surface area contributed by atoms with E-state index in [1.165, 1.54) is 15.9 Å². The van der Waals surface area contributed by atoms with Crippen LogP contribution in [0.3, 0.4) is 0 Å². The zero-order valence-corrected chi connectivity index (χ0v) is 28.4. The van der Waals surface area contributed by atoms with Gasteiger partial charge in [-0.25, -0.2) is 17.6 Å². The van der Waals surface area contributed by atoms with Gasteiger partial charge in [-0.1, -0.05) is 37.1 Å². The van der Waals surface area contributed by atoms with Gasteiger partial charge in [0.1, 0.15) is 35.1 Å². The van der Waals surface area contributed by atoms with Gasteiger partial charge in [0.05, 0.1) is 18.3 Å². The average Bonchev–Trinajstić information content (AvgIpc) is 4.03. The Morgan fingerprint density at radius 1 is 1.04 bits per heavy atom. The van der Waals surface area contributed by atoms with Crippen molar-refractivity contribution in [2.75, 3.05) is 6.54 Å². The Morgan fingerprint density at radius 2 is 1.82 bits per heavy atom. The van der Waals surface area contributed by atoms with E-state index in [2.05, 4.69) is 15.4 Å². The van der Waals surface area contributed by atoms with E-state index in [0.717, 1.165) is 6.42 Å². The normalized spacial score (nSPS) is 31.2. The van der Waals surface area contributed by atoms with Crippen LogP contribution in [0.2, 0.25) is 0 Å². The van der Waals surface area contributed by atoms with Crippen molar-refractivity contribution in [3.05, 3.63) is 47.3 Å². The molecule has 5 amide bonds. The third-order valence-corrected chi connectivity index (χ3v) is 12.6. The third-order valence-electron chi connectivity index (χ3n) is 10.7. The first-order valence-electron chi connectivity index (χ1n) is 17.4. The van der Waals surface area contributed by atoms with Crippen molar-refractivity contribution >= 4 is 39.7 Å². The van der Waals surface area contributed by atoms with Gasteiger partial charge < -0.3 is 25.4 Å². The lowest BCUT2D eigenvalue weighted by Gasteiger charge is -2.30. The summed E-state index contributed by atoms with van der Waals surface area (Å²) in [6, 6.07) is 2.27. The molecule has 4 N–H and O–H groups in total. The molecule has 0 radical (unpaired) electrons. The van der Waals surface area contributed by atoms with Crippen molar-refractivity contribution in [2.45, 2.75) is 118 Å². The number of aliphatic hydroxyl groups is 1. The number of hydrogen-bond acceptors (Lipinski definition) is 9. The number of hydrogen-bond donors (Lipinski definition) is 4. The van der Waals surface area contributed by atoms with Crippen LogP contribution in [0.1, 0.15) is 81.8 Å². The van der Waals surface area contributed by atoms with Crippen molar-refractivity contribution < 1.29 is 46.6 Å². The molecule has 7 rings (SSSR count). The number of ether oxygens (including phenoxy) is 1. The topological polar surface area (TPSA) is 192 Å². The van der Waals surface area contributed by atoms with Gasteiger partial charge in [-0.2, -0.15) is 0 Å². The maximum atomic E-state index is 14.4. The number of allylic oxidation sites excluding steroid dienone is 1. The largest absolute Gasteiger partial charge is 0.444 e. The van der Waals surface area contributed by atoms with E-state index in [1.54, 1.807) is 12.1 Å². The molecule has 1 aromatic rings. The highest BCUT2D eigenvalue weighted by Crippen LogP contribution is 2.46. The molecule has 4 fully saturated rings. The summed E-state index contributed by atoms with van der Waals surface area (Å²) in [5, 5.41) is 15.2. The van der Waals surface area contributed by atoms with Gasteiger partial charge in [0.25, 0.3) is 11.8 Å². The average molecular weight is 716 g/mol. The molecule has 1 saturated heterocycles. The number of halogens is 1. The number of nitrogens with one attached hydrogen (secondary N) is 3. The number of amides is 5. The number of sulfonamides is 1. The summed E-state index contributed by atoms with van der Waals surface area (Å²) >= 11 is 0. The molecular formula is C34H42FN5O9S. The second-order valence-electron chi connectivity index (χ2n) is 14.6. The number of benzene rings is 1. The van der Waals surface area contributed by atoms with Gasteiger partial charge in [0, 0.05) is 24.4 Å². The minimum absolute atomic E-state index is 0.00651. The Morgan fingerprint density at radius 3 is 2.54 bits per heavy atom. The van der Waals surface area contributed by atoms with E-state index in [-0.39, 0.29) is 51.7 Å². The SMILES string of the molecule is O=C1N[C@]2(C(=O)NS(=O)(=O)C3CC3)C[C@@H]2/C=C\CCCCC[C@H](NC(=O)C2(O)CC2)C(=O)N2C[C@H](OC(=O)N3Cc4cccc(F)c4C3)C[C@@H]12. The van der Waals surface area contributed by atoms with Crippen LogP contribution in [0.5, 0.6) is 0 Å².